The molecule has 0 radical (unpaired) electrons. The van der Waals surface area contributed by atoms with Crippen molar-refractivity contribution in [2.24, 2.45) is 0 Å². The Kier molecular flexibility index (Phi) is 2.06. The molecule has 11 heavy (non-hydrogen) atoms. The predicted molar refractivity (Wildman–Crippen MR) is 42.8 cm³/mol. The Balaban J connectivity index is 3.40. The standard InChI is InChI=1S/C7H6ClN3/c1-4-5(2)7(9-3)11-10-6(4)8/h1-2H3. The van der Waals surface area contributed by atoms with E-state index in [4.69, 9.17) is 18.2 Å². The number of nitrogens with zero attached hydrogens (tertiary/aromatic N) is 3. The SMILES string of the molecule is [C-]#[N+]c1nnc(Cl)c(C)c1C. The lowest BCUT2D eigenvalue weighted by molar-refractivity contribution is 1.01. The van der Waals surface area contributed by atoms with Crippen LogP contribution in [0.15, 0.2) is 0 Å². The van der Waals surface area contributed by atoms with Crippen LogP contribution in [0.5, 0.6) is 0 Å². The zero-order valence-corrected chi connectivity index (χ0v) is 6.98. The number of hydrogen-bond donors (Lipinski definition) is 0. The van der Waals surface area contributed by atoms with Crippen molar-refractivity contribution in [3.05, 3.63) is 27.7 Å². The van der Waals surface area contributed by atoms with Crippen molar-refractivity contribution in [3.8, 4) is 0 Å². The maximum atomic E-state index is 6.73. The molecule has 0 saturated carbocycles. The average molecular weight is 168 g/mol. The molecule has 0 aliphatic heterocycles. The third-order valence-electron chi connectivity index (χ3n) is 1.55. The van der Waals surface area contributed by atoms with E-state index < -0.39 is 0 Å². The first-order chi connectivity index (χ1) is 5.16. The maximum Gasteiger partial charge on any atom is 0.299 e. The van der Waals surface area contributed by atoms with Crippen molar-refractivity contribution >= 4 is 17.4 Å². The first-order valence-corrected chi connectivity index (χ1v) is 3.41. The molecular weight excluding hydrogens is 162 g/mol. The molecule has 3 nitrogen and oxygen atoms in total. The van der Waals surface area contributed by atoms with E-state index >= 15 is 0 Å². The molecule has 1 aromatic heterocycles. The second kappa shape index (κ2) is 2.85. The van der Waals surface area contributed by atoms with Crippen molar-refractivity contribution < 1.29 is 0 Å². The number of aromatic nitrogens is 2. The Morgan fingerprint density at radius 1 is 1.27 bits per heavy atom. The molecule has 0 saturated heterocycles. The smallest absolute Gasteiger partial charge is 0.299 e. The van der Waals surface area contributed by atoms with Gasteiger partial charge in [-0.3, -0.25) is 0 Å². The molecular formula is C7H6ClN3. The van der Waals surface area contributed by atoms with Gasteiger partial charge in [-0.1, -0.05) is 18.2 Å². The highest BCUT2D eigenvalue weighted by molar-refractivity contribution is 6.30. The molecule has 0 N–H and O–H groups in total. The highest BCUT2D eigenvalue weighted by Gasteiger charge is 2.07. The monoisotopic (exact) mass is 167 g/mol. The lowest BCUT2D eigenvalue weighted by Gasteiger charge is -1.99. The summed E-state index contributed by atoms with van der Waals surface area (Å²) in [6, 6.07) is 0. The maximum absolute atomic E-state index is 6.73. The molecule has 4 heteroatoms. The van der Waals surface area contributed by atoms with Crippen molar-refractivity contribution in [2.45, 2.75) is 13.8 Å². The van der Waals surface area contributed by atoms with Gasteiger partial charge in [-0.2, -0.15) is 0 Å². The molecule has 0 atom stereocenters. The summed E-state index contributed by atoms with van der Waals surface area (Å²) >= 11 is 5.67. The minimum atomic E-state index is 0.326. The molecule has 1 rings (SSSR count). The quantitative estimate of drug-likeness (QED) is 0.555. The molecule has 0 aliphatic carbocycles. The van der Waals surface area contributed by atoms with Gasteiger partial charge in [0.15, 0.2) is 5.15 Å². The summed E-state index contributed by atoms with van der Waals surface area (Å²) in [6.45, 7) is 10.4. The second-order valence-electron chi connectivity index (χ2n) is 2.18. The first kappa shape index (κ1) is 7.96. The van der Waals surface area contributed by atoms with Crippen LogP contribution in [0.2, 0.25) is 5.15 Å². The minimum absolute atomic E-state index is 0.326. The van der Waals surface area contributed by atoms with E-state index in [1.54, 1.807) is 0 Å². The second-order valence-corrected chi connectivity index (χ2v) is 2.53. The molecule has 0 spiro atoms. The zero-order chi connectivity index (χ0) is 8.43. The van der Waals surface area contributed by atoms with Crippen LogP contribution in [0.3, 0.4) is 0 Å². The fourth-order valence-corrected chi connectivity index (χ4v) is 0.849. The molecule has 1 heterocycles. The van der Waals surface area contributed by atoms with Gasteiger partial charge >= 0.3 is 0 Å². The predicted octanol–water partition coefficient (Wildman–Crippen LogP) is 2.30. The molecule has 0 fully saturated rings. The van der Waals surface area contributed by atoms with Crippen LogP contribution < -0.4 is 0 Å². The van der Waals surface area contributed by atoms with Gasteiger partial charge in [-0.25, -0.2) is 0 Å². The summed E-state index contributed by atoms with van der Waals surface area (Å²) in [4.78, 5) is 3.19. The zero-order valence-electron chi connectivity index (χ0n) is 6.22. The molecule has 0 amide bonds. The van der Waals surface area contributed by atoms with Crippen LogP contribution in [-0.2, 0) is 0 Å². The Labute approximate surface area is 69.8 Å². The number of halogens is 1. The fraction of sp³-hybridized carbons (Fsp3) is 0.286. The summed E-state index contributed by atoms with van der Waals surface area (Å²) in [7, 11) is 0. The van der Waals surface area contributed by atoms with Gasteiger partial charge in [0, 0.05) is 0 Å². The molecule has 56 valence electrons. The Hall–Kier alpha value is -1.14. The van der Waals surface area contributed by atoms with Crippen LogP contribution in [0.1, 0.15) is 11.1 Å². The van der Waals surface area contributed by atoms with E-state index in [0.717, 1.165) is 11.1 Å². The Morgan fingerprint density at radius 2 is 1.91 bits per heavy atom. The van der Waals surface area contributed by atoms with Gasteiger partial charge in [0.25, 0.3) is 5.82 Å². The summed E-state index contributed by atoms with van der Waals surface area (Å²) in [5, 5.41) is 7.60. The lowest BCUT2D eigenvalue weighted by Crippen LogP contribution is -1.90. The topological polar surface area (TPSA) is 30.1 Å². The third-order valence-corrected chi connectivity index (χ3v) is 1.90. The first-order valence-electron chi connectivity index (χ1n) is 3.03. The molecule has 0 aromatic carbocycles. The highest BCUT2D eigenvalue weighted by Crippen LogP contribution is 2.21. The fourth-order valence-electron chi connectivity index (χ4n) is 0.670. The molecule has 0 bridgehead atoms. The normalized spacial score (nSPS) is 9.27. The third kappa shape index (κ3) is 1.31. The Bertz CT molecular complexity index is 327. The van der Waals surface area contributed by atoms with E-state index in [1.807, 2.05) is 13.8 Å². The van der Waals surface area contributed by atoms with E-state index in [9.17, 15) is 0 Å². The summed E-state index contributed by atoms with van der Waals surface area (Å²) in [5.41, 5.74) is 1.63. The Morgan fingerprint density at radius 3 is 2.45 bits per heavy atom. The van der Waals surface area contributed by atoms with E-state index in [1.165, 1.54) is 0 Å². The van der Waals surface area contributed by atoms with Crippen LogP contribution in [0.4, 0.5) is 5.82 Å². The summed E-state index contributed by atoms with van der Waals surface area (Å²) in [5.74, 6) is 0.326. The van der Waals surface area contributed by atoms with E-state index in [0.29, 0.717) is 11.0 Å². The molecule has 0 aliphatic rings. The van der Waals surface area contributed by atoms with Crippen LogP contribution in [-0.4, -0.2) is 10.2 Å². The van der Waals surface area contributed by atoms with Crippen molar-refractivity contribution in [2.75, 3.05) is 0 Å². The van der Waals surface area contributed by atoms with Crippen molar-refractivity contribution in [3.63, 3.8) is 0 Å². The van der Waals surface area contributed by atoms with Crippen molar-refractivity contribution in [1.82, 2.24) is 10.2 Å². The van der Waals surface area contributed by atoms with E-state index in [-0.39, 0.29) is 0 Å². The van der Waals surface area contributed by atoms with Gasteiger partial charge in [-0.15, -0.1) is 0 Å². The van der Waals surface area contributed by atoms with Gasteiger partial charge in [0.05, 0.1) is 0 Å². The molecule has 1 aromatic rings. The number of hydrogen-bond acceptors (Lipinski definition) is 2. The van der Waals surface area contributed by atoms with Crippen molar-refractivity contribution in [1.29, 1.82) is 0 Å². The lowest BCUT2D eigenvalue weighted by atomic mass is 10.2. The molecule has 0 unspecified atom stereocenters. The minimum Gasteiger partial charge on any atom is -0.359 e. The van der Waals surface area contributed by atoms with Crippen LogP contribution >= 0.6 is 11.6 Å². The van der Waals surface area contributed by atoms with Crippen LogP contribution in [0, 0.1) is 20.4 Å². The van der Waals surface area contributed by atoms with E-state index in [2.05, 4.69) is 15.0 Å². The van der Waals surface area contributed by atoms with Gasteiger partial charge < -0.3 is 4.85 Å². The summed E-state index contributed by atoms with van der Waals surface area (Å²) < 4.78 is 0. The van der Waals surface area contributed by atoms with Crippen LogP contribution in [0.25, 0.3) is 4.85 Å². The van der Waals surface area contributed by atoms with Gasteiger partial charge in [0.1, 0.15) is 0 Å². The van der Waals surface area contributed by atoms with Gasteiger partial charge in [0.2, 0.25) is 0 Å². The average Bonchev–Trinajstić information content (AvgIpc) is 2.01. The number of rotatable bonds is 0. The van der Waals surface area contributed by atoms with Gasteiger partial charge in [-0.05, 0) is 35.2 Å². The summed E-state index contributed by atoms with van der Waals surface area (Å²) in [6.07, 6.45) is 0. The largest absolute Gasteiger partial charge is 0.359 e. The highest BCUT2D eigenvalue weighted by atomic mass is 35.5.